The van der Waals surface area contributed by atoms with Gasteiger partial charge in [-0.1, -0.05) is 42.5 Å². The molecule has 0 spiro atoms. The van der Waals surface area contributed by atoms with Crippen LogP contribution in [-0.4, -0.2) is 20.7 Å². The van der Waals surface area contributed by atoms with Crippen LogP contribution in [0.5, 0.6) is 5.75 Å². The van der Waals surface area contributed by atoms with Crippen LogP contribution >= 0.6 is 0 Å². The number of anilines is 1. The van der Waals surface area contributed by atoms with Gasteiger partial charge in [-0.05, 0) is 49.2 Å². The Hall–Kier alpha value is -3.53. The maximum atomic E-state index is 12.8. The molecule has 0 aliphatic heterocycles. The molecule has 174 valence electrons. The number of rotatable bonds is 7. The quantitative estimate of drug-likeness (QED) is 0.504. The number of sulfonamides is 1. The number of alkyl halides is 3. The van der Waals surface area contributed by atoms with E-state index < -0.39 is 28.0 Å². The van der Waals surface area contributed by atoms with Gasteiger partial charge in [0, 0.05) is 17.7 Å². The molecule has 3 aromatic rings. The van der Waals surface area contributed by atoms with Gasteiger partial charge in [0.05, 0.1) is 10.6 Å². The molecule has 2 N–H and O–H groups in total. The predicted octanol–water partition coefficient (Wildman–Crippen LogP) is 4.93. The smallest absolute Gasteiger partial charge is 0.405 e. The third kappa shape index (κ3) is 6.26. The van der Waals surface area contributed by atoms with Crippen molar-refractivity contribution in [1.82, 2.24) is 5.32 Å². The molecular weight excluding hydrogens is 457 g/mol. The van der Waals surface area contributed by atoms with Crippen LogP contribution < -0.4 is 14.8 Å². The number of nitrogens with one attached hydrogen (secondary N) is 2. The summed E-state index contributed by atoms with van der Waals surface area (Å²) >= 11 is 0. The number of halogens is 3. The summed E-state index contributed by atoms with van der Waals surface area (Å²) < 4.78 is 69.9. The molecular formula is C23H21F3N2O4S. The zero-order valence-electron chi connectivity index (χ0n) is 17.7. The van der Waals surface area contributed by atoms with Crippen molar-refractivity contribution in [3.05, 3.63) is 89.0 Å². The summed E-state index contributed by atoms with van der Waals surface area (Å²) in [4.78, 5) is 12.6. The van der Waals surface area contributed by atoms with Crippen molar-refractivity contribution < 1.29 is 31.1 Å². The van der Waals surface area contributed by atoms with E-state index >= 15 is 0 Å². The predicted molar refractivity (Wildman–Crippen MR) is 117 cm³/mol. The number of hydrogen-bond acceptors (Lipinski definition) is 4. The second-order valence-electron chi connectivity index (χ2n) is 7.24. The number of ether oxygens (including phenoxy) is 1. The average molecular weight is 478 g/mol. The van der Waals surface area contributed by atoms with Crippen molar-refractivity contribution in [2.75, 3.05) is 4.72 Å². The molecule has 0 unspecified atom stereocenters. The number of carbonyl (C=O) groups excluding carboxylic acids is 1. The molecule has 0 bridgehead atoms. The lowest BCUT2D eigenvalue weighted by Gasteiger charge is -2.15. The normalized spacial score (nSPS) is 11.7. The average Bonchev–Trinajstić information content (AvgIpc) is 2.73. The lowest BCUT2D eigenvalue weighted by Crippen LogP contribution is -2.25. The molecule has 0 fully saturated rings. The molecule has 0 heterocycles. The number of carbonyl (C=O) groups is 1. The molecule has 0 radical (unpaired) electrons. The van der Waals surface area contributed by atoms with Gasteiger partial charge in [0.25, 0.3) is 15.9 Å². The van der Waals surface area contributed by atoms with E-state index in [1.165, 1.54) is 36.4 Å². The summed E-state index contributed by atoms with van der Waals surface area (Å²) in [7, 11) is -3.98. The van der Waals surface area contributed by atoms with Crippen molar-refractivity contribution in [2.45, 2.75) is 31.7 Å². The number of benzene rings is 3. The van der Waals surface area contributed by atoms with Gasteiger partial charge in [0.2, 0.25) is 0 Å². The minimum absolute atomic E-state index is 0.0804. The largest absolute Gasteiger partial charge is 0.573 e. The number of amides is 1. The molecule has 3 rings (SSSR count). The van der Waals surface area contributed by atoms with E-state index in [0.717, 1.165) is 11.6 Å². The summed E-state index contributed by atoms with van der Waals surface area (Å²) in [5.74, 6) is -1.07. The van der Waals surface area contributed by atoms with Crippen LogP contribution in [0.25, 0.3) is 0 Å². The van der Waals surface area contributed by atoms with Crippen LogP contribution in [0, 0.1) is 13.8 Å². The van der Waals surface area contributed by atoms with E-state index in [4.69, 9.17) is 0 Å². The van der Waals surface area contributed by atoms with Crippen LogP contribution in [0.4, 0.5) is 18.9 Å². The highest BCUT2D eigenvalue weighted by molar-refractivity contribution is 7.92. The van der Waals surface area contributed by atoms with Crippen LogP contribution in [-0.2, 0) is 16.6 Å². The molecule has 0 atom stereocenters. The second kappa shape index (κ2) is 9.53. The van der Waals surface area contributed by atoms with Crippen LogP contribution in [0.3, 0.4) is 0 Å². The fourth-order valence-corrected chi connectivity index (χ4v) is 4.21. The van der Waals surface area contributed by atoms with Crippen molar-refractivity contribution in [2.24, 2.45) is 0 Å². The maximum absolute atomic E-state index is 12.8. The number of para-hydroxylation sites is 2. The van der Waals surface area contributed by atoms with Crippen molar-refractivity contribution in [1.29, 1.82) is 0 Å². The highest BCUT2D eigenvalue weighted by Gasteiger charge is 2.32. The zero-order valence-corrected chi connectivity index (χ0v) is 18.5. The second-order valence-corrected chi connectivity index (χ2v) is 8.92. The van der Waals surface area contributed by atoms with E-state index in [1.54, 1.807) is 38.1 Å². The Kier molecular flexibility index (Phi) is 6.97. The molecule has 33 heavy (non-hydrogen) atoms. The first kappa shape index (κ1) is 24.1. The Morgan fingerprint density at radius 1 is 0.939 bits per heavy atom. The first-order chi connectivity index (χ1) is 15.5. The van der Waals surface area contributed by atoms with Gasteiger partial charge in [0.15, 0.2) is 0 Å². The third-order valence-electron chi connectivity index (χ3n) is 4.79. The molecule has 0 saturated heterocycles. The van der Waals surface area contributed by atoms with Gasteiger partial charge in [0.1, 0.15) is 5.75 Å². The van der Waals surface area contributed by atoms with Crippen LogP contribution in [0.15, 0.2) is 71.6 Å². The molecule has 0 aliphatic rings. The Labute approximate surface area is 189 Å². The van der Waals surface area contributed by atoms with Gasteiger partial charge in [-0.3, -0.25) is 9.52 Å². The summed E-state index contributed by atoms with van der Waals surface area (Å²) in [5.41, 5.74) is 1.83. The fraction of sp³-hybridized carbons (Fsp3) is 0.174. The SMILES string of the molecule is Cc1ccccc1NS(=O)(=O)c1ccc(C)c(C(=O)NCc2ccccc2OC(F)(F)F)c1. The van der Waals surface area contributed by atoms with Crippen molar-refractivity contribution in [3.8, 4) is 5.75 Å². The van der Waals surface area contributed by atoms with Gasteiger partial charge >= 0.3 is 6.36 Å². The Morgan fingerprint density at radius 2 is 1.61 bits per heavy atom. The standard InChI is InChI=1S/C23H21F3N2O4S/c1-15-11-12-18(33(30,31)28-20-9-5-3-7-16(20)2)13-19(15)22(29)27-14-17-8-4-6-10-21(17)32-23(24,25)26/h3-13,28H,14H2,1-2H3,(H,27,29). The minimum Gasteiger partial charge on any atom is -0.405 e. The molecule has 10 heteroatoms. The molecule has 0 aliphatic carbocycles. The van der Waals surface area contributed by atoms with Crippen molar-refractivity contribution >= 4 is 21.6 Å². The Balaban J connectivity index is 1.80. The van der Waals surface area contributed by atoms with Crippen LogP contribution in [0.1, 0.15) is 27.0 Å². The number of aryl methyl sites for hydroxylation is 2. The molecule has 3 aromatic carbocycles. The lowest BCUT2D eigenvalue weighted by atomic mass is 10.1. The summed E-state index contributed by atoms with van der Waals surface area (Å²) in [6.45, 7) is 3.13. The summed E-state index contributed by atoms with van der Waals surface area (Å²) in [6, 6.07) is 16.4. The first-order valence-corrected chi connectivity index (χ1v) is 11.3. The van der Waals surface area contributed by atoms with E-state index in [1.807, 2.05) is 0 Å². The molecule has 0 aromatic heterocycles. The van der Waals surface area contributed by atoms with E-state index in [9.17, 15) is 26.4 Å². The highest BCUT2D eigenvalue weighted by atomic mass is 32.2. The summed E-state index contributed by atoms with van der Waals surface area (Å²) in [5, 5.41) is 2.52. The molecule has 0 saturated carbocycles. The van der Waals surface area contributed by atoms with Gasteiger partial charge in [-0.15, -0.1) is 13.2 Å². The first-order valence-electron chi connectivity index (χ1n) is 9.77. The van der Waals surface area contributed by atoms with E-state index in [0.29, 0.717) is 11.3 Å². The van der Waals surface area contributed by atoms with E-state index in [-0.39, 0.29) is 22.6 Å². The minimum atomic E-state index is -4.87. The zero-order chi connectivity index (χ0) is 24.2. The maximum Gasteiger partial charge on any atom is 0.573 e. The molecule has 1 amide bonds. The monoisotopic (exact) mass is 478 g/mol. The number of hydrogen-bond donors (Lipinski definition) is 2. The fourth-order valence-electron chi connectivity index (χ4n) is 3.05. The van der Waals surface area contributed by atoms with Gasteiger partial charge in [-0.25, -0.2) is 8.42 Å². The van der Waals surface area contributed by atoms with Gasteiger partial charge < -0.3 is 10.1 Å². The van der Waals surface area contributed by atoms with E-state index in [2.05, 4.69) is 14.8 Å². The lowest BCUT2D eigenvalue weighted by molar-refractivity contribution is -0.274. The summed E-state index contributed by atoms with van der Waals surface area (Å²) in [6.07, 6.45) is -4.87. The van der Waals surface area contributed by atoms with Crippen LogP contribution in [0.2, 0.25) is 0 Å². The topological polar surface area (TPSA) is 84.5 Å². The molecule has 6 nitrogen and oxygen atoms in total. The Morgan fingerprint density at radius 3 is 2.30 bits per heavy atom. The van der Waals surface area contributed by atoms with Crippen molar-refractivity contribution in [3.63, 3.8) is 0 Å². The highest BCUT2D eigenvalue weighted by Crippen LogP contribution is 2.26. The van der Waals surface area contributed by atoms with Gasteiger partial charge in [-0.2, -0.15) is 0 Å². The third-order valence-corrected chi connectivity index (χ3v) is 6.15. The Bertz CT molecular complexity index is 1270.